The highest BCUT2D eigenvalue weighted by Gasteiger charge is 2.30. The van der Waals surface area contributed by atoms with Crippen LogP contribution in [0.3, 0.4) is 0 Å². The molecule has 0 aliphatic carbocycles. The van der Waals surface area contributed by atoms with Crippen molar-refractivity contribution < 1.29 is 22.3 Å². The van der Waals surface area contributed by atoms with E-state index in [2.05, 4.69) is 5.10 Å². The van der Waals surface area contributed by atoms with Crippen molar-refractivity contribution >= 4 is 15.7 Å². The van der Waals surface area contributed by atoms with Gasteiger partial charge in [0.1, 0.15) is 11.6 Å². The molecule has 0 radical (unpaired) electrons. The molecular weight excluding hydrogens is 433 g/mol. The minimum Gasteiger partial charge on any atom is -0.492 e. The Morgan fingerprint density at radius 3 is 2.50 bits per heavy atom. The van der Waals surface area contributed by atoms with Crippen LogP contribution < -0.4 is 4.74 Å². The van der Waals surface area contributed by atoms with Gasteiger partial charge in [-0.3, -0.25) is 4.79 Å². The van der Waals surface area contributed by atoms with Crippen LogP contribution in [0.2, 0.25) is 0 Å². The molecule has 2 aromatic carbocycles. The molecule has 0 atom stereocenters. The van der Waals surface area contributed by atoms with E-state index >= 15 is 0 Å². The van der Waals surface area contributed by atoms with Gasteiger partial charge in [-0.2, -0.15) is 5.10 Å². The van der Waals surface area contributed by atoms with Gasteiger partial charge in [0.15, 0.2) is 9.84 Å². The number of hydrogen-bond donors (Lipinski definition) is 0. The number of ether oxygens (including phenoxy) is 1. The molecule has 2 heterocycles. The maximum Gasteiger partial charge on any atom is 0.258 e. The second kappa shape index (κ2) is 8.38. The Labute approximate surface area is 186 Å². The maximum atomic E-state index is 13.3. The number of nitrogens with zero attached hydrogens (tertiary/aromatic N) is 3. The van der Waals surface area contributed by atoms with Gasteiger partial charge in [-0.1, -0.05) is 13.8 Å². The van der Waals surface area contributed by atoms with Crippen molar-refractivity contribution in [2.45, 2.75) is 31.8 Å². The average Bonchev–Trinajstić information content (AvgIpc) is 3.31. The van der Waals surface area contributed by atoms with Crippen molar-refractivity contribution in [3.63, 3.8) is 0 Å². The molecule has 1 aliphatic rings. The second-order valence-corrected chi connectivity index (χ2v) is 10.3. The van der Waals surface area contributed by atoms with E-state index in [1.807, 2.05) is 20.0 Å². The Hall–Kier alpha value is -3.20. The first-order valence-electron chi connectivity index (χ1n) is 10.2. The Morgan fingerprint density at radius 1 is 1.16 bits per heavy atom. The summed E-state index contributed by atoms with van der Waals surface area (Å²) in [5, 5.41) is 4.53. The number of hydrogen-bond acceptors (Lipinski definition) is 5. The summed E-state index contributed by atoms with van der Waals surface area (Å²) < 4.78 is 44.7. The van der Waals surface area contributed by atoms with E-state index in [-0.39, 0.29) is 34.6 Å². The molecule has 1 amide bonds. The summed E-state index contributed by atoms with van der Waals surface area (Å²) in [7, 11) is -3.48. The zero-order valence-corrected chi connectivity index (χ0v) is 18.9. The molecule has 9 heteroatoms. The van der Waals surface area contributed by atoms with Gasteiger partial charge in [-0.15, -0.1) is 0 Å². The van der Waals surface area contributed by atoms with Crippen LogP contribution in [0.25, 0.3) is 5.69 Å². The molecule has 3 aromatic rings. The SMILES string of the molecule is CC(C)COc1ccc(S(C)(=O)=O)cc1C(=O)N1Cc2cn(-c3ccc(F)cc3)nc2C1. The molecule has 0 spiro atoms. The molecule has 7 nitrogen and oxygen atoms in total. The molecule has 1 aromatic heterocycles. The fourth-order valence-electron chi connectivity index (χ4n) is 3.48. The standard InChI is InChI=1S/C23H24FN3O4S/c1-15(2)14-31-22-9-8-19(32(3,29)30)10-20(22)23(28)26-11-16-12-27(25-21(16)13-26)18-6-4-17(24)5-7-18/h4-10,12,15H,11,13-14H2,1-3H3. The molecule has 0 saturated heterocycles. The summed E-state index contributed by atoms with van der Waals surface area (Å²) in [5.41, 5.74) is 2.56. The van der Waals surface area contributed by atoms with Crippen LogP contribution in [-0.2, 0) is 22.9 Å². The lowest BCUT2D eigenvalue weighted by Gasteiger charge is -2.19. The number of rotatable bonds is 6. The third-order valence-electron chi connectivity index (χ3n) is 5.14. The number of aromatic nitrogens is 2. The first-order valence-corrected chi connectivity index (χ1v) is 12.1. The monoisotopic (exact) mass is 457 g/mol. The number of sulfone groups is 1. The van der Waals surface area contributed by atoms with Crippen LogP contribution >= 0.6 is 0 Å². The zero-order chi connectivity index (χ0) is 23.0. The Balaban J connectivity index is 1.59. The first-order chi connectivity index (χ1) is 15.1. The van der Waals surface area contributed by atoms with Gasteiger partial charge in [0.2, 0.25) is 0 Å². The van der Waals surface area contributed by atoms with Crippen molar-refractivity contribution in [2.24, 2.45) is 5.92 Å². The van der Waals surface area contributed by atoms with Crippen LogP contribution in [0.1, 0.15) is 35.5 Å². The van der Waals surface area contributed by atoms with Gasteiger partial charge in [0, 0.05) is 24.6 Å². The highest BCUT2D eigenvalue weighted by molar-refractivity contribution is 7.90. The Morgan fingerprint density at radius 2 is 1.88 bits per heavy atom. The van der Waals surface area contributed by atoms with Crippen LogP contribution in [0.4, 0.5) is 4.39 Å². The summed E-state index contributed by atoms with van der Waals surface area (Å²) in [4.78, 5) is 15.0. The lowest BCUT2D eigenvalue weighted by molar-refractivity contribution is 0.0743. The molecule has 32 heavy (non-hydrogen) atoms. The van der Waals surface area contributed by atoms with Crippen LogP contribution in [0.15, 0.2) is 53.6 Å². The molecular formula is C23H24FN3O4S. The van der Waals surface area contributed by atoms with E-state index in [1.165, 1.54) is 30.3 Å². The van der Waals surface area contributed by atoms with Gasteiger partial charge >= 0.3 is 0 Å². The fourth-order valence-corrected chi connectivity index (χ4v) is 4.13. The maximum absolute atomic E-state index is 13.3. The quantitative estimate of drug-likeness (QED) is 0.565. The lowest BCUT2D eigenvalue weighted by atomic mass is 10.1. The Bertz CT molecular complexity index is 1240. The number of carbonyl (C=O) groups is 1. The van der Waals surface area contributed by atoms with Crippen LogP contribution in [0.5, 0.6) is 5.75 Å². The molecule has 0 N–H and O–H groups in total. The third kappa shape index (κ3) is 4.52. The zero-order valence-electron chi connectivity index (χ0n) is 18.1. The normalized spacial score (nSPS) is 13.5. The number of halogens is 1. The van der Waals surface area contributed by atoms with Crippen molar-refractivity contribution in [2.75, 3.05) is 12.9 Å². The van der Waals surface area contributed by atoms with Gasteiger partial charge < -0.3 is 9.64 Å². The van der Waals surface area contributed by atoms with Crippen molar-refractivity contribution in [1.29, 1.82) is 0 Å². The minimum atomic E-state index is -3.48. The lowest BCUT2D eigenvalue weighted by Crippen LogP contribution is -2.27. The van der Waals surface area contributed by atoms with E-state index < -0.39 is 9.84 Å². The van der Waals surface area contributed by atoms with E-state index in [0.717, 1.165) is 23.2 Å². The molecule has 0 fully saturated rings. The molecule has 168 valence electrons. The summed E-state index contributed by atoms with van der Waals surface area (Å²) in [5.74, 6) is -0.0368. The van der Waals surface area contributed by atoms with Crippen LogP contribution in [0, 0.1) is 11.7 Å². The topological polar surface area (TPSA) is 81.5 Å². The van der Waals surface area contributed by atoms with Gasteiger partial charge in [-0.05, 0) is 48.4 Å². The van der Waals surface area contributed by atoms with Gasteiger partial charge in [0.25, 0.3) is 5.91 Å². The third-order valence-corrected chi connectivity index (χ3v) is 6.25. The molecule has 0 unspecified atom stereocenters. The first kappa shape index (κ1) is 22.0. The number of amides is 1. The van der Waals surface area contributed by atoms with Gasteiger partial charge in [0.05, 0.1) is 35.0 Å². The Kier molecular flexibility index (Phi) is 5.77. The summed E-state index contributed by atoms with van der Waals surface area (Å²) >= 11 is 0. The highest BCUT2D eigenvalue weighted by Crippen LogP contribution is 2.29. The van der Waals surface area contributed by atoms with Crippen LogP contribution in [-0.4, -0.2) is 41.9 Å². The smallest absolute Gasteiger partial charge is 0.258 e. The number of benzene rings is 2. The van der Waals surface area contributed by atoms with Crippen molar-refractivity contribution in [1.82, 2.24) is 14.7 Å². The largest absolute Gasteiger partial charge is 0.492 e. The highest BCUT2D eigenvalue weighted by atomic mass is 32.2. The molecule has 1 aliphatic heterocycles. The molecule has 0 saturated carbocycles. The summed E-state index contributed by atoms with van der Waals surface area (Å²) in [6.07, 6.45) is 2.92. The predicted octanol–water partition coefficient (Wildman–Crippen LogP) is 3.61. The molecule has 0 bridgehead atoms. The van der Waals surface area contributed by atoms with E-state index in [0.29, 0.717) is 18.9 Å². The minimum absolute atomic E-state index is 0.0659. The second-order valence-electron chi connectivity index (χ2n) is 8.32. The average molecular weight is 458 g/mol. The predicted molar refractivity (Wildman–Crippen MR) is 117 cm³/mol. The van der Waals surface area contributed by atoms with Crippen molar-refractivity contribution in [3.05, 3.63) is 71.3 Å². The van der Waals surface area contributed by atoms with E-state index in [1.54, 1.807) is 21.7 Å². The fraction of sp³-hybridized carbons (Fsp3) is 0.304. The number of carbonyl (C=O) groups excluding carboxylic acids is 1. The van der Waals surface area contributed by atoms with E-state index in [9.17, 15) is 17.6 Å². The molecule has 4 rings (SSSR count). The van der Waals surface area contributed by atoms with Gasteiger partial charge in [-0.25, -0.2) is 17.5 Å². The van der Waals surface area contributed by atoms with Crippen molar-refractivity contribution in [3.8, 4) is 11.4 Å². The number of fused-ring (bicyclic) bond motifs is 1. The van der Waals surface area contributed by atoms with E-state index in [4.69, 9.17) is 4.74 Å². The summed E-state index contributed by atoms with van der Waals surface area (Å²) in [6.45, 7) is 5.01. The summed E-state index contributed by atoms with van der Waals surface area (Å²) in [6, 6.07) is 10.4.